The van der Waals surface area contributed by atoms with E-state index >= 15 is 0 Å². The number of benzene rings is 2. The number of rotatable bonds is 6. The van der Waals surface area contributed by atoms with Crippen LogP contribution < -0.4 is 14.2 Å². The lowest BCUT2D eigenvalue weighted by Crippen LogP contribution is -2.23. The summed E-state index contributed by atoms with van der Waals surface area (Å²) in [5.41, 5.74) is 0.725. The van der Waals surface area contributed by atoms with Gasteiger partial charge in [-0.25, -0.2) is 21.6 Å². The lowest BCUT2D eigenvalue weighted by atomic mass is 10.2. The van der Waals surface area contributed by atoms with Crippen molar-refractivity contribution in [3.63, 3.8) is 0 Å². The zero-order valence-corrected chi connectivity index (χ0v) is 15.8. The summed E-state index contributed by atoms with van der Waals surface area (Å²) in [6, 6.07) is 10.4. The second-order valence-corrected chi connectivity index (χ2v) is 9.72. The first-order chi connectivity index (χ1) is 12.3. The van der Waals surface area contributed by atoms with Crippen LogP contribution in [0.25, 0.3) is 0 Å². The van der Waals surface area contributed by atoms with Gasteiger partial charge in [0.15, 0.2) is 21.3 Å². The molecule has 0 atom stereocenters. The third-order valence-corrected chi connectivity index (χ3v) is 7.11. The predicted molar refractivity (Wildman–Crippen MR) is 95.6 cm³/mol. The van der Waals surface area contributed by atoms with E-state index in [2.05, 4.69) is 4.72 Å². The molecule has 0 saturated carbocycles. The van der Waals surface area contributed by atoms with Gasteiger partial charge in [0.25, 0.3) is 0 Å². The van der Waals surface area contributed by atoms with Gasteiger partial charge in [0.1, 0.15) is 13.2 Å². The third kappa shape index (κ3) is 4.00. The van der Waals surface area contributed by atoms with Gasteiger partial charge in [0, 0.05) is 6.54 Å². The molecule has 0 fully saturated rings. The van der Waals surface area contributed by atoms with Crippen LogP contribution in [0.1, 0.15) is 12.5 Å². The second kappa shape index (κ2) is 7.26. The lowest BCUT2D eigenvalue weighted by molar-refractivity contribution is 0.171. The Hall–Kier alpha value is -2.10. The molecule has 0 aromatic heterocycles. The lowest BCUT2D eigenvalue weighted by Gasteiger charge is -2.19. The van der Waals surface area contributed by atoms with Crippen molar-refractivity contribution in [1.82, 2.24) is 4.72 Å². The molecule has 2 aromatic rings. The molecule has 3 rings (SSSR count). The normalized spacial score (nSPS) is 14.2. The van der Waals surface area contributed by atoms with Crippen LogP contribution in [0.2, 0.25) is 0 Å². The molecule has 0 spiro atoms. The van der Waals surface area contributed by atoms with E-state index in [0.29, 0.717) is 24.7 Å². The first-order valence-electron chi connectivity index (χ1n) is 8.03. The highest BCUT2D eigenvalue weighted by Crippen LogP contribution is 2.30. The molecular formula is C17H19NO6S2. The number of sulfone groups is 1. The number of hydrogen-bond acceptors (Lipinski definition) is 6. The van der Waals surface area contributed by atoms with Crippen molar-refractivity contribution in [1.29, 1.82) is 0 Å². The first-order valence-corrected chi connectivity index (χ1v) is 11.2. The third-order valence-electron chi connectivity index (χ3n) is 3.95. The topological polar surface area (TPSA) is 98.8 Å². The number of sulfonamides is 1. The standard InChI is InChI=1S/C17H19NO6S2/c1-2-25(19,20)14-4-6-15(7-5-14)26(21,22)18-12-13-3-8-16-17(11-13)24-10-9-23-16/h3-8,11,18H,2,9-10,12H2,1H3. The Kier molecular flexibility index (Phi) is 5.22. The minimum absolute atomic E-state index is 0.00472. The molecule has 140 valence electrons. The average molecular weight is 397 g/mol. The Morgan fingerprint density at radius 1 is 0.885 bits per heavy atom. The molecule has 26 heavy (non-hydrogen) atoms. The largest absolute Gasteiger partial charge is 0.486 e. The number of nitrogens with one attached hydrogen (secondary N) is 1. The van der Waals surface area contributed by atoms with Gasteiger partial charge in [-0.1, -0.05) is 13.0 Å². The van der Waals surface area contributed by atoms with Crippen LogP contribution in [-0.4, -0.2) is 35.8 Å². The van der Waals surface area contributed by atoms with Gasteiger partial charge >= 0.3 is 0 Å². The van der Waals surface area contributed by atoms with Gasteiger partial charge in [-0.05, 0) is 42.0 Å². The molecule has 0 unspecified atom stereocenters. The SMILES string of the molecule is CCS(=O)(=O)c1ccc(S(=O)(=O)NCc2ccc3c(c2)OCCO3)cc1. The molecule has 2 aromatic carbocycles. The highest BCUT2D eigenvalue weighted by Gasteiger charge is 2.18. The minimum atomic E-state index is -3.77. The van der Waals surface area contributed by atoms with Gasteiger partial charge in [0.05, 0.1) is 15.5 Å². The molecule has 0 bridgehead atoms. The molecule has 1 aliphatic rings. The van der Waals surface area contributed by atoms with Crippen LogP contribution in [0.5, 0.6) is 11.5 Å². The van der Waals surface area contributed by atoms with Crippen molar-refractivity contribution in [3.8, 4) is 11.5 Å². The molecule has 1 heterocycles. The molecule has 1 N–H and O–H groups in total. The van der Waals surface area contributed by atoms with E-state index in [0.717, 1.165) is 5.56 Å². The summed E-state index contributed by atoms with van der Waals surface area (Å²) < 4.78 is 61.8. The molecule has 7 nitrogen and oxygen atoms in total. The van der Waals surface area contributed by atoms with Crippen LogP contribution in [-0.2, 0) is 26.4 Å². The predicted octanol–water partition coefficient (Wildman–Crippen LogP) is 1.73. The fourth-order valence-corrected chi connectivity index (χ4v) is 4.35. The Labute approximate surface area is 152 Å². The maximum absolute atomic E-state index is 12.4. The van der Waals surface area contributed by atoms with Gasteiger partial charge in [-0.3, -0.25) is 0 Å². The van der Waals surface area contributed by atoms with Crippen LogP contribution in [0.15, 0.2) is 52.3 Å². The molecular weight excluding hydrogens is 378 g/mol. The summed E-state index contributed by atoms with van der Waals surface area (Å²) in [5, 5.41) is 0. The van der Waals surface area contributed by atoms with Crippen molar-refractivity contribution in [3.05, 3.63) is 48.0 Å². The number of hydrogen-bond donors (Lipinski definition) is 1. The summed E-state index contributed by atoms with van der Waals surface area (Å²) in [6.45, 7) is 2.56. The summed E-state index contributed by atoms with van der Waals surface area (Å²) in [4.78, 5) is 0.107. The van der Waals surface area contributed by atoms with Crippen molar-refractivity contribution >= 4 is 19.9 Å². The fourth-order valence-electron chi connectivity index (χ4n) is 2.45. The quantitative estimate of drug-likeness (QED) is 0.797. The fraction of sp³-hybridized carbons (Fsp3) is 0.294. The van der Waals surface area contributed by atoms with Gasteiger partial charge in [-0.15, -0.1) is 0 Å². The molecule has 9 heteroatoms. The smallest absolute Gasteiger partial charge is 0.240 e. The van der Waals surface area contributed by atoms with E-state index in [1.807, 2.05) is 0 Å². The van der Waals surface area contributed by atoms with Crippen LogP contribution in [0.3, 0.4) is 0 Å². The van der Waals surface area contributed by atoms with Crippen molar-refractivity contribution in [2.24, 2.45) is 0 Å². The van der Waals surface area contributed by atoms with E-state index in [1.54, 1.807) is 18.2 Å². The Morgan fingerprint density at radius 2 is 1.50 bits per heavy atom. The van der Waals surface area contributed by atoms with Crippen LogP contribution in [0, 0.1) is 0 Å². The van der Waals surface area contributed by atoms with E-state index in [9.17, 15) is 16.8 Å². The van der Waals surface area contributed by atoms with Crippen molar-refractivity contribution in [2.45, 2.75) is 23.3 Å². The van der Waals surface area contributed by atoms with Gasteiger partial charge in [-0.2, -0.15) is 0 Å². The van der Waals surface area contributed by atoms with Crippen molar-refractivity contribution < 1.29 is 26.3 Å². The van der Waals surface area contributed by atoms with Gasteiger partial charge in [0.2, 0.25) is 10.0 Å². The highest BCUT2D eigenvalue weighted by atomic mass is 32.2. The zero-order valence-electron chi connectivity index (χ0n) is 14.1. The molecule has 1 aliphatic heterocycles. The molecule has 0 saturated heterocycles. The number of fused-ring (bicyclic) bond motifs is 1. The van der Waals surface area contributed by atoms with E-state index in [4.69, 9.17) is 9.47 Å². The summed E-state index contributed by atoms with van der Waals surface area (Å²) in [7, 11) is -7.13. The highest BCUT2D eigenvalue weighted by molar-refractivity contribution is 7.91. The zero-order chi connectivity index (χ0) is 18.8. The van der Waals surface area contributed by atoms with Crippen LogP contribution >= 0.6 is 0 Å². The minimum Gasteiger partial charge on any atom is -0.486 e. The average Bonchev–Trinajstić information content (AvgIpc) is 2.66. The molecule has 0 aliphatic carbocycles. The Morgan fingerprint density at radius 3 is 2.15 bits per heavy atom. The molecule has 0 amide bonds. The number of ether oxygens (including phenoxy) is 2. The van der Waals surface area contributed by atoms with Crippen LogP contribution in [0.4, 0.5) is 0 Å². The van der Waals surface area contributed by atoms with Gasteiger partial charge < -0.3 is 9.47 Å². The summed E-state index contributed by atoms with van der Waals surface area (Å²) in [5.74, 6) is 1.18. The summed E-state index contributed by atoms with van der Waals surface area (Å²) >= 11 is 0. The molecule has 0 radical (unpaired) electrons. The summed E-state index contributed by atoms with van der Waals surface area (Å²) in [6.07, 6.45) is 0. The monoisotopic (exact) mass is 397 g/mol. The maximum atomic E-state index is 12.4. The Balaban J connectivity index is 1.73. The Bertz CT molecular complexity index is 998. The van der Waals surface area contributed by atoms with E-state index in [-0.39, 0.29) is 22.1 Å². The van der Waals surface area contributed by atoms with E-state index in [1.165, 1.54) is 31.2 Å². The first kappa shape index (κ1) is 18.7. The van der Waals surface area contributed by atoms with Crippen molar-refractivity contribution in [2.75, 3.05) is 19.0 Å². The van der Waals surface area contributed by atoms with E-state index < -0.39 is 19.9 Å². The maximum Gasteiger partial charge on any atom is 0.240 e. The second-order valence-electron chi connectivity index (χ2n) is 5.68.